The SMILES string of the molecule is COC[C@H](c1ccc2nc([C@@H](N[S@+]([O-])C(C)(C)C)[C@@H](C)O[C@@H](C)C(F)(F)F)n(COCC[Si](C)(C)C)c2c1)N1CC(F)(F)CNC1=O. The van der Waals surface area contributed by atoms with Crippen LogP contribution >= 0.6 is 0 Å². The smallest absolute Gasteiger partial charge is 0.414 e. The summed E-state index contributed by atoms with van der Waals surface area (Å²) in [5, 5.41) is 2.23. The van der Waals surface area contributed by atoms with Gasteiger partial charge in [0.1, 0.15) is 23.3 Å². The molecule has 0 spiro atoms. The van der Waals surface area contributed by atoms with E-state index >= 15 is 0 Å². The summed E-state index contributed by atoms with van der Waals surface area (Å²) in [6.45, 7) is 12.8. The number of nitrogens with zero attached hydrogens (tertiary/aromatic N) is 3. The Morgan fingerprint density at radius 1 is 1.19 bits per heavy atom. The highest BCUT2D eigenvalue weighted by atomic mass is 32.2. The summed E-state index contributed by atoms with van der Waals surface area (Å²) >= 11 is -1.74. The molecule has 3 rings (SSSR count). The summed E-state index contributed by atoms with van der Waals surface area (Å²) in [4.78, 5) is 18.5. The lowest BCUT2D eigenvalue weighted by Crippen LogP contribution is -2.58. The van der Waals surface area contributed by atoms with Crippen molar-refractivity contribution in [1.82, 2.24) is 24.5 Å². The second-order valence-corrected chi connectivity index (χ2v) is 21.7. The minimum absolute atomic E-state index is 0.0567. The van der Waals surface area contributed by atoms with E-state index in [0.29, 0.717) is 23.2 Å². The molecule has 17 heteroatoms. The molecule has 1 aromatic heterocycles. The van der Waals surface area contributed by atoms with Crippen molar-refractivity contribution in [3.8, 4) is 0 Å². The van der Waals surface area contributed by atoms with Crippen molar-refractivity contribution in [1.29, 1.82) is 0 Å². The van der Waals surface area contributed by atoms with E-state index in [1.54, 1.807) is 43.5 Å². The number of nitrogens with one attached hydrogen (secondary N) is 2. The molecule has 1 aromatic carbocycles. The number of ether oxygens (including phenoxy) is 3. The van der Waals surface area contributed by atoms with E-state index < -0.39 is 79.7 Å². The van der Waals surface area contributed by atoms with Crippen LogP contribution in [0.3, 0.4) is 0 Å². The molecule has 0 saturated carbocycles. The fourth-order valence-electron chi connectivity index (χ4n) is 4.86. The van der Waals surface area contributed by atoms with Gasteiger partial charge in [0.15, 0.2) is 6.10 Å². The number of alkyl halides is 5. The minimum Gasteiger partial charge on any atom is -0.598 e. The second-order valence-electron chi connectivity index (χ2n) is 14.1. The molecule has 2 heterocycles. The lowest BCUT2D eigenvalue weighted by atomic mass is 10.0. The van der Waals surface area contributed by atoms with Crippen LogP contribution in [0.25, 0.3) is 11.0 Å². The number of aromatic nitrogens is 2. The molecule has 1 saturated heterocycles. The molecule has 2 amide bonds. The molecule has 1 aliphatic rings. The summed E-state index contributed by atoms with van der Waals surface area (Å²) in [6, 6.07) is 3.15. The number of fused-ring (bicyclic) bond motifs is 1. The number of methoxy groups -OCH3 is 1. The first-order valence-electron chi connectivity index (χ1n) is 15.4. The van der Waals surface area contributed by atoms with Gasteiger partial charge in [-0.2, -0.15) is 13.2 Å². The van der Waals surface area contributed by atoms with Crippen molar-refractivity contribution in [3.63, 3.8) is 0 Å². The van der Waals surface area contributed by atoms with Crippen LogP contribution in [-0.4, -0.2) is 95.6 Å². The zero-order valence-corrected chi connectivity index (χ0v) is 30.3. The maximum absolute atomic E-state index is 14.4. The molecule has 0 bridgehead atoms. The number of carbonyl (C=O) groups excluding carboxylic acids is 1. The molecule has 1 aliphatic heterocycles. The third kappa shape index (κ3) is 10.7. The molecule has 2 N–H and O–H groups in total. The molecule has 268 valence electrons. The largest absolute Gasteiger partial charge is 0.598 e. The van der Waals surface area contributed by atoms with Crippen LogP contribution in [-0.2, 0) is 32.3 Å². The van der Waals surface area contributed by atoms with Crippen LogP contribution < -0.4 is 10.0 Å². The van der Waals surface area contributed by atoms with E-state index in [-0.39, 0.29) is 19.2 Å². The van der Waals surface area contributed by atoms with Gasteiger partial charge in [0.2, 0.25) is 0 Å². The van der Waals surface area contributed by atoms with Crippen molar-refractivity contribution in [2.75, 3.05) is 33.4 Å². The first kappa shape index (κ1) is 39.4. The maximum atomic E-state index is 14.4. The normalized spacial score (nSPS) is 19.4. The average Bonchev–Trinajstić information content (AvgIpc) is 3.29. The van der Waals surface area contributed by atoms with Gasteiger partial charge in [-0.3, -0.25) is 0 Å². The van der Waals surface area contributed by atoms with Gasteiger partial charge >= 0.3 is 12.2 Å². The number of amides is 2. The minimum atomic E-state index is -4.63. The summed E-state index contributed by atoms with van der Waals surface area (Å²) < 4.78 is 103. The predicted octanol–water partition coefficient (Wildman–Crippen LogP) is 6.15. The van der Waals surface area contributed by atoms with E-state index in [2.05, 4.69) is 29.7 Å². The van der Waals surface area contributed by atoms with Crippen LogP contribution in [0, 0.1) is 0 Å². The van der Waals surface area contributed by atoms with Crippen molar-refractivity contribution >= 4 is 36.5 Å². The van der Waals surface area contributed by atoms with Gasteiger partial charge in [-0.1, -0.05) is 25.7 Å². The van der Waals surface area contributed by atoms with Gasteiger partial charge < -0.3 is 33.5 Å². The lowest BCUT2D eigenvalue weighted by molar-refractivity contribution is -0.227. The van der Waals surface area contributed by atoms with Crippen LogP contribution in [0.2, 0.25) is 25.7 Å². The van der Waals surface area contributed by atoms with E-state index in [1.807, 2.05) is 0 Å². The summed E-state index contributed by atoms with van der Waals surface area (Å²) in [6.07, 6.45) is -7.91. The highest BCUT2D eigenvalue weighted by molar-refractivity contribution is 7.90. The maximum Gasteiger partial charge on any atom is 0.414 e. The lowest BCUT2D eigenvalue weighted by Gasteiger charge is -2.38. The van der Waals surface area contributed by atoms with E-state index in [4.69, 9.17) is 19.2 Å². The number of urea groups is 1. The Kier molecular flexibility index (Phi) is 12.8. The standard InChI is InChI=1S/C30H48F5N5O5SSi/c1-19(45-20(2)30(33,34)35)25(38-46(42)28(3,4)5)26-37-22-11-10-21(14-23(22)40(26)18-44-12-13-47(7,8)9)24(15-43-6)39-17-29(31,32)16-36-27(39)41/h10-11,14,19-20,24-25,38H,12-13,15-18H2,1-9H3,(H,36,41)/t19-,20+,24-,25+,46-/m1/s1. The van der Waals surface area contributed by atoms with Gasteiger partial charge in [0.25, 0.3) is 5.92 Å². The van der Waals surface area contributed by atoms with Crippen molar-refractivity contribution in [2.24, 2.45) is 0 Å². The molecule has 1 fully saturated rings. The topological polar surface area (TPSA) is 113 Å². The Balaban J connectivity index is 2.16. The Morgan fingerprint density at radius 2 is 1.85 bits per heavy atom. The molecular formula is C30H48F5N5O5SSi. The van der Waals surface area contributed by atoms with Crippen LogP contribution in [0.1, 0.15) is 58.1 Å². The summed E-state index contributed by atoms with van der Waals surface area (Å²) in [5.41, 5.74) is 1.37. The fraction of sp³-hybridized carbons (Fsp3) is 0.733. The van der Waals surface area contributed by atoms with E-state index in [9.17, 15) is 31.3 Å². The van der Waals surface area contributed by atoms with Gasteiger partial charge in [0.05, 0.1) is 42.9 Å². The number of hydrogen-bond donors (Lipinski definition) is 2. The number of halogens is 5. The summed E-state index contributed by atoms with van der Waals surface area (Å²) in [5.74, 6) is -2.94. The quantitative estimate of drug-likeness (QED) is 0.0987. The van der Waals surface area contributed by atoms with Gasteiger partial charge in [0, 0.05) is 33.2 Å². The Hall–Kier alpha value is -2.02. The van der Waals surface area contributed by atoms with Gasteiger partial charge in [-0.05, 0) is 58.4 Å². The first-order valence-corrected chi connectivity index (χ1v) is 20.3. The van der Waals surface area contributed by atoms with Gasteiger partial charge in [-0.25, -0.2) is 18.6 Å². The van der Waals surface area contributed by atoms with Crippen molar-refractivity contribution in [2.45, 2.75) is 108 Å². The van der Waals surface area contributed by atoms with E-state index in [1.165, 1.54) is 14.0 Å². The van der Waals surface area contributed by atoms with Crippen molar-refractivity contribution in [3.05, 3.63) is 29.6 Å². The Morgan fingerprint density at radius 3 is 2.43 bits per heavy atom. The molecule has 10 nitrogen and oxygen atoms in total. The number of rotatable bonds is 15. The number of hydrogen-bond acceptors (Lipinski definition) is 7. The van der Waals surface area contributed by atoms with Crippen molar-refractivity contribution < 1.29 is 45.5 Å². The zero-order chi connectivity index (χ0) is 35.5. The van der Waals surface area contributed by atoms with Crippen LogP contribution in [0.5, 0.6) is 0 Å². The Labute approximate surface area is 277 Å². The Bertz CT molecular complexity index is 1350. The third-order valence-electron chi connectivity index (χ3n) is 7.68. The third-order valence-corrected chi connectivity index (χ3v) is 11.0. The summed E-state index contributed by atoms with van der Waals surface area (Å²) in [7, 11) is -0.0856. The molecule has 0 radical (unpaired) electrons. The molecule has 2 aromatic rings. The van der Waals surface area contributed by atoms with Crippen LogP contribution in [0.15, 0.2) is 18.2 Å². The number of imidazole rings is 1. The first-order chi connectivity index (χ1) is 21.5. The number of benzene rings is 1. The second kappa shape index (κ2) is 15.3. The van der Waals surface area contributed by atoms with Crippen LogP contribution in [0.4, 0.5) is 26.7 Å². The molecule has 47 heavy (non-hydrogen) atoms. The molecular weight excluding hydrogens is 666 g/mol. The highest BCUT2D eigenvalue weighted by Gasteiger charge is 2.44. The monoisotopic (exact) mass is 713 g/mol. The fourth-order valence-corrected chi connectivity index (χ4v) is 6.50. The molecule has 5 atom stereocenters. The van der Waals surface area contributed by atoms with Gasteiger partial charge in [-0.15, -0.1) is 4.72 Å². The molecule has 0 aliphatic carbocycles. The zero-order valence-electron chi connectivity index (χ0n) is 28.5. The average molecular weight is 714 g/mol. The number of carbonyl (C=O) groups is 1. The van der Waals surface area contributed by atoms with E-state index in [0.717, 1.165) is 17.9 Å². The molecule has 0 unspecified atom stereocenters. The highest BCUT2D eigenvalue weighted by Crippen LogP contribution is 2.34. The predicted molar refractivity (Wildman–Crippen MR) is 173 cm³/mol.